The summed E-state index contributed by atoms with van der Waals surface area (Å²) in [6.45, 7) is 1.77. The maximum atomic E-state index is 8.84. The van der Waals surface area contributed by atoms with Gasteiger partial charge in [0.25, 0.3) is 0 Å². The van der Waals surface area contributed by atoms with E-state index in [2.05, 4.69) is 26.5 Å². The lowest BCUT2D eigenvalue weighted by atomic mass is 10.1. The predicted molar refractivity (Wildman–Crippen MR) is 75.8 cm³/mol. The van der Waals surface area contributed by atoms with Crippen LogP contribution >= 0.6 is 11.3 Å². The maximum Gasteiger partial charge on any atom is 0.190 e. The zero-order valence-electron chi connectivity index (χ0n) is 10.3. The summed E-state index contributed by atoms with van der Waals surface area (Å²) < 4.78 is 0. The number of fused-ring (bicyclic) bond motifs is 1. The van der Waals surface area contributed by atoms with Gasteiger partial charge in [0.2, 0.25) is 0 Å². The second kappa shape index (κ2) is 4.89. The monoisotopic (exact) mass is 274 g/mol. The van der Waals surface area contributed by atoms with E-state index >= 15 is 0 Å². The summed E-state index contributed by atoms with van der Waals surface area (Å²) >= 11 is 1.81. The number of thiophene rings is 1. The van der Waals surface area contributed by atoms with Crippen LogP contribution in [0.3, 0.4) is 0 Å². The fraction of sp³-hybridized carbons (Fsp3) is 0.231. The fourth-order valence-electron chi connectivity index (χ4n) is 2.35. The van der Waals surface area contributed by atoms with Crippen LogP contribution in [0.1, 0.15) is 16.1 Å². The van der Waals surface area contributed by atoms with Gasteiger partial charge >= 0.3 is 0 Å². The molecule has 6 heteroatoms. The van der Waals surface area contributed by atoms with Crippen molar-refractivity contribution in [2.45, 2.75) is 13.0 Å². The molecular weight excluding hydrogens is 260 g/mol. The van der Waals surface area contributed by atoms with Gasteiger partial charge < -0.3 is 15.8 Å². The molecule has 0 aliphatic carbocycles. The minimum absolute atomic E-state index is 0.0479. The molecule has 2 aromatic rings. The summed E-state index contributed by atoms with van der Waals surface area (Å²) in [6.07, 6.45) is 2.67. The molecule has 3 heterocycles. The third-order valence-corrected chi connectivity index (χ3v) is 4.31. The summed E-state index contributed by atoms with van der Waals surface area (Å²) in [6, 6.07) is 5.98. The van der Waals surface area contributed by atoms with E-state index in [1.165, 1.54) is 10.4 Å². The van der Waals surface area contributed by atoms with Gasteiger partial charge in [0.1, 0.15) is 5.69 Å². The largest absolute Gasteiger partial charge is 0.409 e. The molecule has 0 spiro atoms. The Morgan fingerprint density at radius 3 is 3.21 bits per heavy atom. The highest BCUT2D eigenvalue weighted by Gasteiger charge is 2.21. The number of hydrogen-bond acceptors (Lipinski definition) is 5. The highest BCUT2D eigenvalue weighted by molar-refractivity contribution is 7.10. The summed E-state index contributed by atoms with van der Waals surface area (Å²) in [4.78, 5) is 7.88. The SMILES string of the molecule is N/C(=N/O)c1ncccc1N1CCc2sccc2C1. The molecule has 0 fully saturated rings. The van der Waals surface area contributed by atoms with Gasteiger partial charge in [-0.2, -0.15) is 0 Å². The molecule has 0 saturated heterocycles. The fourth-order valence-corrected chi connectivity index (χ4v) is 3.24. The molecule has 0 bridgehead atoms. The van der Waals surface area contributed by atoms with Crippen LogP contribution in [0, 0.1) is 0 Å². The highest BCUT2D eigenvalue weighted by atomic mass is 32.1. The Labute approximate surface area is 115 Å². The number of aromatic nitrogens is 1. The van der Waals surface area contributed by atoms with Crippen LogP contribution in [-0.4, -0.2) is 22.6 Å². The lowest BCUT2D eigenvalue weighted by molar-refractivity contribution is 0.318. The van der Waals surface area contributed by atoms with Crippen molar-refractivity contribution in [2.75, 3.05) is 11.4 Å². The number of nitrogens with two attached hydrogens (primary N) is 1. The summed E-state index contributed by atoms with van der Waals surface area (Å²) in [7, 11) is 0. The van der Waals surface area contributed by atoms with Crippen molar-refractivity contribution in [2.24, 2.45) is 10.9 Å². The van der Waals surface area contributed by atoms with Gasteiger partial charge in [-0.15, -0.1) is 11.3 Å². The average Bonchev–Trinajstić information content (AvgIpc) is 2.93. The quantitative estimate of drug-likeness (QED) is 0.379. The van der Waals surface area contributed by atoms with E-state index in [9.17, 15) is 0 Å². The zero-order chi connectivity index (χ0) is 13.2. The first-order valence-electron chi connectivity index (χ1n) is 6.02. The van der Waals surface area contributed by atoms with E-state index in [0.717, 1.165) is 25.2 Å². The molecule has 2 aromatic heterocycles. The molecule has 5 nitrogen and oxygen atoms in total. The number of pyridine rings is 1. The third-order valence-electron chi connectivity index (χ3n) is 3.29. The topological polar surface area (TPSA) is 74.7 Å². The molecule has 98 valence electrons. The van der Waals surface area contributed by atoms with Crippen molar-refractivity contribution in [3.63, 3.8) is 0 Å². The molecule has 1 aliphatic rings. The Kier molecular flexibility index (Phi) is 3.08. The minimum Gasteiger partial charge on any atom is -0.409 e. The van der Waals surface area contributed by atoms with Crippen LogP contribution in [0.4, 0.5) is 5.69 Å². The number of oxime groups is 1. The molecule has 3 N–H and O–H groups in total. The van der Waals surface area contributed by atoms with E-state index in [1.807, 2.05) is 12.1 Å². The first kappa shape index (κ1) is 12.0. The van der Waals surface area contributed by atoms with Crippen LogP contribution in [-0.2, 0) is 13.0 Å². The Morgan fingerprint density at radius 1 is 1.47 bits per heavy atom. The van der Waals surface area contributed by atoms with Crippen LogP contribution in [0.25, 0.3) is 0 Å². The number of anilines is 1. The minimum atomic E-state index is 0.0479. The van der Waals surface area contributed by atoms with E-state index in [-0.39, 0.29) is 5.84 Å². The number of amidine groups is 1. The maximum absolute atomic E-state index is 8.84. The summed E-state index contributed by atoms with van der Waals surface area (Å²) in [5, 5.41) is 14.0. The second-order valence-electron chi connectivity index (χ2n) is 4.40. The predicted octanol–water partition coefficient (Wildman–Crippen LogP) is 1.80. The molecule has 1 aliphatic heterocycles. The van der Waals surface area contributed by atoms with Crippen molar-refractivity contribution in [1.29, 1.82) is 0 Å². The number of nitrogens with zero attached hydrogens (tertiary/aromatic N) is 3. The van der Waals surface area contributed by atoms with Crippen LogP contribution in [0.5, 0.6) is 0 Å². The van der Waals surface area contributed by atoms with E-state index < -0.39 is 0 Å². The first-order chi connectivity index (χ1) is 9.29. The lowest BCUT2D eigenvalue weighted by Crippen LogP contribution is -2.32. The molecular formula is C13H14N4OS. The standard InChI is InChI=1S/C13H14N4OS/c14-13(16-18)12-10(2-1-5-15-12)17-6-3-11-9(8-17)4-7-19-11/h1-2,4-5,7,18H,3,6,8H2,(H2,14,16). The zero-order valence-corrected chi connectivity index (χ0v) is 11.1. The lowest BCUT2D eigenvalue weighted by Gasteiger charge is -2.30. The smallest absolute Gasteiger partial charge is 0.190 e. The van der Waals surface area contributed by atoms with Crippen molar-refractivity contribution in [1.82, 2.24) is 4.98 Å². The van der Waals surface area contributed by atoms with Gasteiger partial charge in [0.05, 0.1) is 5.69 Å². The molecule has 0 saturated carbocycles. The van der Waals surface area contributed by atoms with Gasteiger partial charge in [0.15, 0.2) is 5.84 Å². The highest BCUT2D eigenvalue weighted by Crippen LogP contribution is 2.28. The van der Waals surface area contributed by atoms with Crippen molar-refractivity contribution < 1.29 is 5.21 Å². The Balaban J connectivity index is 1.96. The normalized spacial score (nSPS) is 15.4. The molecule has 0 radical (unpaired) electrons. The van der Waals surface area contributed by atoms with Gasteiger partial charge in [-0.25, -0.2) is 0 Å². The molecule has 0 amide bonds. The Hall–Kier alpha value is -2.08. The van der Waals surface area contributed by atoms with Crippen molar-refractivity contribution in [3.05, 3.63) is 45.9 Å². The van der Waals surface area contributed by atoms with Gasteiger partial charge in [-0.1, -0.05) is 5.16 Å². The van der Waals surface area contributed by atoms with Gasteiger partial charge in [-0.05, 0) is 35.6 Å². The molecule has 19 heavy (non-hydrogen) atoms. The third kappa shape index (κ3) is 2.15. The molecule has 0 unspecified atom stereocenters. The molecule has 3 rings (SSSR count). The number of hydrogen-bond donors (Lipinski definition) is 2. The first-order valence-corrected chi connectivity index (χ1v) is 6.90. The van der Waals surface area contributed by atoms with Crippen molar-refractivity contribution >= 4 is 22.9 Å². The van der Waals surface area contributed by atoms with E-state index in [4.69, 9.17) is 10.9 Å². The Morgan fingerprint density at radius 2 is 2.37 bits per heavy atom. The molecule has 0 atom stereocenters. The second-order valence-corrected chi connectivity index (χ2v) is 5.40. The van der Waals surface area contributed by atoms with Crippen LogP contribution in [0.2, 0.25) is 0 Å². The van der Waals surface area contributed by atoms with Gasteiger partial charge in [0, 0.05) is 24.2 Å². The summed E-state index contributed by atoms with van der Waals surface area (Å²) in [5.41, 5.74) is 8.48. The van der Waals surface area contributed by atoms with E-state index in [0.29, 0.717) is 5.69 Å². The average molecular weight is 274 g/mol. The number of rotatable bonds is 2. The van der Waals surface area contributed by atoms with Crippen LogP contribution < -0.4 is 10.6 Å². The van der Waals surface area contributed by atoms with E-state index in [1.54, 1.807) is 17.5 Å². The molecule has 0 aromatic carbocycles. The van der Waals surface area contributed by atoms with Crippen molar-refractivity contribution in [3.8, 4) is 0 Å². The van der Waals surface area contributed by atoms with Gasteiger partial charge in [-0.3, -0.25) is 4.98 Å². The van der Waals surface area contributed by atoms with Crippen LogP contribution in [0.15, 0.2) is 34.9 Å². The Bertz CT molecular complexity index is 623. The summed E-state index contributed by atoms with van der Waals surface area (Å²) in [5.74, 6) is 0.0479.